The molecule has 0 aliphatic heterocycles. The van der Waals surface area contributed by atoms with Crippen LogP contribution in [0, 0.1) is 0 Å². The number of anilines is 6. The highest BCUT2D eigenvalue weighted by molar-refractivity contribution is 5.96. The van der Waals surface area contributed by atoms with Gasteiger partial charge in [0.2, 0.25) is 0 Å². The maximum atomic E-state index is 15.0. The third-order valence-electron chi connectivity index (χ3n) is 11.4. The lowest BCUT2D eigenvalue weighted by Crippen LogP contribution is -2.12. The fourth-order valence-corrected chi connectivity index (χ4v) is 8.01. The van der Waals surface area contributed by atoms with Gasteiger partial charge in [-0.25, -0.2) is 0 Å². The summed E-state index contributed by atoms with van der Waals surface area (Å²) in [5, 5.41) is -1.12. The lowest BCUT2D eigenvalue weighted by atomic mass is 9.91. The minimum atomic E-state index is -4.98. The molecule has 0 saturated heterocycles. The molecule has 0 radical (unpaired) electrons. The van der Waals surface area contributed by atoms with Gasteiger partial charge in [-0.1, -0.05) is 72.8 Å². The highest BCUT2D eigenvalue weighted by Gasteiger charge is 2.39. The predicted molar refractivity (Wildman–Crippen MR) is 260 cm³/mol. The Kier molecular flexibility index (Phi) is 13.5. The van der Waals surface area contributed by atoms with Crippen molar-refractivity contribution in [3.05, 3.63) is 203 Å². The van der Waals surface area contributed by atoms with E-state index in [1.54, 1.807) is 52.7 Å². The highest BCUT2D eigenvalue weighted by Crippen LogP contribution is 2.45. The first-order valence-corrected chi connectivity index (χ1v) is 21.2. The van der Waals surface area contributed by atoms with Crippen molar-refractivity contribution in [2.75, 3.05) is 38.2 Å². The van der Waals surface area contributed by atoms with E-state index in [0.29, 0.717) is 34.1 Å². The largest absolute Gasteiger partial charge is 0.497 e. The molecule has 0 N–H and O–H groups in total. The lowest BCUT2D eigenvalue weighted by Gasteiger charge is -2.26. The van der Waals surface area contributed by atoms with Gasteiger partial charge in [-0.3, -0.25) is 0 Å². The summed E-state index contributed by atoms with van der Waals surface area (Å²) in [5.41, 5.74) is 3.12. The van der Waals surface area contributed by atoms with Crippen LogP contribution >= 0.6 is 0 Å². The first-order valence-electron chi connectivity index (χ1n) is 21.2. The Morgan fingerprint density at radius 2 is 0.544 bits per heavy atom. The number of hydrogen-bond donors (Lipinski definition) is 0. The quantitative estimate of drug-likeness (QED) is 0.0800. The summed E-state index contributed by atoms with van der Waals surface area (Å²) in [6, 6.07) is 48.7. The molecule has 0 aromatic heterocycles. The maximum absolute atomic E-state index is 15.0. The first-order chi connectivity index (χ1) is 32.8. The molecule has 0 heterocycles. The van der Waals surface area contributed by atoms with Crippen molar-refractivity contribution in [3.63, 3.8) is 0 Å². The molecule has 0 unspecified atom stereocenters. The molecule has 0 spiro atoms. The zero-order valence-electron chi connectivity index (χ0n) is 37.3. The fraction of sp³-hybridized carbons (Fsp3) is 0.107. The molecule has 344 valence electrons. The third kappa shape index (κ3) is 10.1. The van der Waals surface area contributed by atoms with E-state index in [1.165, 1.54) is 24.3 Å². The molecule has 0 atom stereocenters. The molecule has 0 amide bonds. The van der Waals surface area contributed by atoms with Gasteiger partial charge in [-0.05, 0) is 154 Å². The van der Waals surface area contributed by atoms with Crippen LogP contribution in [0.5, 0.6) is 23.0 Å². The molecular weight excluding hydrogens is 879 g/mol. The Balaban J connectivity index is 1.09. The molecule has 8 aromatic carbocycles. The van der Waals surface area contributed by atoms with Crippen LogP contribution in [0.2, 0.25) is 0 Å². The molecule has 8 aromatic rings. The van der Waals surface area contributed by atoms with Gasteiger partial charge in [-0.15, -0.1) is 0 Å². The van der Waals surface area contributed by atoms with Crippen molar-refractivity contribution in [1.29, 1.82) is 0 Å². The van der Waals surface area contributed by atoms with E-state index in [-0.39, 0.29) is 11.1 Å². The second-order valence-corrected chi connectivity index (χ2v) is 15.5. The molecule has 8 rings (SSSR count). The number of methoxy groups -OCH3 is 4. The van der Waals surface area contributed by atoms with Crippen LogP contribution in [-0.2, 0) is 12.4 Å². The summed E-state index contributed by atoms with van der Waals surface area (Å²) in [4.78, 5) is 4.00. The Labute approximate surface area is 390 Å². The minimum Gasteiger partial charge on any atom is -0.497 e. The molecule has 0 bridgehead atoms. The molecule has 12 heteroatoms. The molecule has 0 aliphatic carbocycles. The Morgan fingerprint density at radius 1 is 0.309 bits per heavy atom. The second kappa shape index (κ2) is 19.8. The normalized spacial score (nSPS) is 11.9. The molecular formula is C56H44F6N2O4. The summed E-state index contributed by atoms with van der Waals surface area (Å²) >= 11 is 0. The second-order valence-electron chi connectivity index (χ2n) is 15.5. The zero-order valence-corrected chi connectivity index (χ0v) is 37.3. The first kappa shape index (κ1) is 46.4. The van der Waals surface area contributed by atoms with Crippen molar-refractivity contribution in [2.24, 2.45) is 0 Å². The van der Waals surface area contributed by atoms with Gasteiger partial charge < -0.3 is 28.7 Å². The number of nitrogens with zero attached hydrogens (tertiary/aromatic N) is 2. The Hall–Kier alpha value is -8.12. The molecule has 6 nitrogen and oxygen atoms in total. The standard InChI is InChI=1S/C56H44F6N2O4/c1-65-47-27-19-43(20-28-47)63(44-21-29-48(66-2)30-22-44)41-15-7-37(8-16-41)5-11-39-13-35-52-51(53(39)55(57,58)59)36-14-40(54(52)56(60,61)62)12-6-38-9-17-42(18-10-38)64(45-23-31-49(67-3)32-24-45)46-25-33-50(68-4)34-26-46/h5-36H,1-4H3. The van der Waals surface area contributed by atoms with Crippen LogP contribution in [0.15, 0.2) is 170 Å². The van der Waals surface area contributed by atoms with Crippen molar-refractivity contribution in [3.8, 4) is 23.0 Å². The number of hydrogen-bond acceptors (Lipinski definition) is 6. The van der Waals surface area contributed by atoms with Gasteiger partial charge in [0.1, 0.15) is 23.0 Å². The van der Waals surface area contributed by atoms with Crippen molar-refractivity contribution in [1.82, 2.24) is 0 Å². The average Bonchev–Trinajstić information content (AvgIpc) is 3.35. The van der Waals surface area contributed by atoms with E-state index in [9.17, 15) is 26.3 Å². The predicted octanol–water partition coefficient (Wildman–Crippen LogP) is 16.2. The number of halogens is 6. The smallest absolute Gasteiger partial charge is 0.417 e. The van der Waals surface area contributed by atoms with Crippen LogP contribution in [-0.4, -0.2) is 28.4 Å². The molecule has 68 heavy (non-hydrogen) atoms. The van der Waals surface area contributed by atoms with Crippen LogP contribution < -0.4 is 28.7 Å². The average molecular weight is 923 g/mol. The van der Waals surface area contributed by atoms with E-state index in [2.05, 4.69) is 0 Å². The lowest BCUT2D eigenvalue weighted by molar-refractivity contribution is -0.138. The van der Waals surface area contributed by atoms with Gasteiger partial charge in [0.15, 0.2) is 0 Å². The molecule has 0 aliphatic rings. The van der Waals surface area contributed by atoms with Crippen molar-refractivity contribution < 1.29 is 45.3 Å². The van der Waals surface area contributed by atoms with E-state index in [4.69, 9.17) is 18.9 Å². The van der Waals surface area contributed by atoms with E-state index >= 15 is 0 Å². The van der Waals surface area contributed by atoms with Crippen molar-refractivity contribution >= 4 is 69.2 Å². The van der Waals surface area contributed by atoms with Crippen LogP contribution in [0.25, 0.3) is 35.1 Å². The van der Waals surface area contributed by atoms with Gasteiger partial charge >= 0.3 is 12.4 Å². The van der Waals surface area contributed by atoms with E-state index in [1.807, 2.05) is 131 Å². The number of fused-ring (bicyclic) bond motifs is 1. The van der Waals surface area contributed by atoms with Crippen LogP contribution in [0.3, 0.4) is 0 Å². The number of benzene rings is 8. The highest BCUT2D eigenvalue weighted by atomic mass is 19.4. The molecule has 0 saturated carbocycles. The van der Waals surface area contributed by atoms with Gasteiger partial charge in [0, 0.05) is 34.1 Å². The van der Waals surface area contributed by atoms with Gasteiger partial charge in [-0.2, -0.15) is 26.3 Å². The van der Waals surface area contributed by atoms with Crippen LogP contribution in [0.4, 0.5) is 60.5 Å². The zero-order chi connectivity index (χ0) is 48.0. The summed E-state index contributed by atoms with van der Waals surface area (Å²) in [5.74, 6) is 2.73. The number of ether oxygens (including phenoxy) is 4. The van der Waals surface area contributed by atoms with Gasteiger partial charge in [0.25, 0.3) is 0 Å². The van der Waals surface area contributed by atoms with Crippen molar-refractivity contribution in [2.45, 2.75) is 12.4 Å². The monoisotopic (exact) mass is 922 g/mol. The topological polar surface area (TPSA) is 43.4 Å². The van der Waals surface area contributed by atoms with E-state index in [0.717, 1.165) is 58.4 Å². The van der Waals surface area contributed by atoms with Crippen LogP contribution in [0.1, 0.15) is 33.4 Å². The third-order valence-corrected chi connectivity index (χ3v) is 11.4. The number of alkyl halides is 6. The van der Waals surface area contributed by atoms with Gasteiger partial charge in [0.05, 0.1) is 39.6 Å². The summed E-state index contributed by atoms with van der Waals surface area (Å²) in [6.07, 6.45) is -4.40. The minimum absolute atomic E-state index is 0.276. The Morgan fingerprint density at radius 3 is 0.765 bits per heavy atom. The summed E-state index contributed by atoms with van der Waals surface area (Å²) in [6.45, 7) is 0. The SMILES string of the molecule is COc1ccc(N(c2ccc(C=Cc3ccc4c(C(F)(F)F)c(C=Cc5ccc(N(c6ccc(OC)cc6)c6ccc(OC)cc6)cc5)ccc4c3C(F)(F)F)cc2)c2ccc(OC)cc2)cc1. The maximum Gasteiger partial charge on any atom is 0.417 e. The Bertz CT molecular complexity index is 2740. The summed E-state index contributed by atoms with van der Waals surface area (Å²) in [7, 11) is 6.33. The fourth-order valence-electron chi connectivity index (χ4n) is 8.01. The molecule has 0 fully saturated rings. The summed E-state index contributed by atoms with van der Waals surface area (Å²) < 4.78 is 111. The van der Waals surface area contributed by atoms with E-state index < -0.39 is 34.3 Å². The number of rotatable bonds is 14.